The summed E-state index contributed by atoms with van der Waals surface area (Å²) in [6, 6.07) is 14.6. The van der Waals surface area contributed by atoms with Crippen molar-refractivity contribution in [1.29, 1.82) is 0 Å². The van der Waals surface area contributed by atoms with Gasteiger partial charge in [-0.1, -0.05) is 49.7 Å². The van der Waals surface area contributed by atoms with E-state index in [2.05, 4.69) is 4.98 Å². The van der Waals surface area contributed by atoms with Crippen LogP contribution in [-0.4, -0.2) is 25.8 Å². The molecule has 2 aromatic carbocycles. The maximum atomic E-state index is 13.4. The molecular formula is C23H23ClN4O3. The van der Waals surface area contributed by atoms with Gasteiger partial charge in [-0.05, 0) is 30.2 Å². The second-order valence-corrected chi connectivity index (χ2v) is 8.20. The summed E-state index contributed by atoms with van der Waals surface area (Å²) in [5, 5.41) is 0.493. The maximum absolute atomic E-state index is 13.4. The van der Waals surface area contributed by atoms with E-state index in [-0.39, 0.29) is 11.5 Å². The Kier molecular flexibility index (Phi) is 5.69. The number of ether oxygens (including phenoxy) is 1. The first-order valence-corrected chi connectivity index (χ1v) is 10.4. The zero-order chi connectivity index (χ0) is 22.1. The Bertz CT molecular complexity index is 1370. The van der Waals surface area contributed by atoms with Crippen molar-refractivity contribution >= 4 is 22.8 Å². The van der Waals surface area contributed by atoms with E-state index in [1.54, 1.807) is 42.3 Å². The molecule has 0 radical (unpaired) electrons. The molecule has 7 nitrogen and oxygen atoms in total. The summed E-state index contributed by atoms with van der Waals surface area (Å²) in [6.45, 7) is 4.61. The highest BCUT2D eigenvalue weighted by molar-refractivity contribution is 6.30. The lowest BCUT2D eigenvalue weighted by Gasteiger charge is -2.14. The summed E-state index contributed by atoms with van der Waals surface area (Å²) in [5.74, 6) is 0.830. The number of imidazole rings is 1. The van der Waals surface area contributed by atoms with Crippen molar-refractivity contribution in [2.75, 3.05) is 7.11 Å². The number of halogens is 1. The second-order valence-electron chi connectivity index (χ2n) is 7.76. The third kappa shape index (κ3) is 3.88. The Labute approximate surface area is 184 Å². The largest absolute Gasteiger partial charge is 0.496 e. The molecule has 0 atom stereocenters. The predicted octanol–water partition coefficient (Wildman–Crippen LogP) is 3.72. The van der Waals surface area contributed by atoms with Crippen LogP contribution < -0.4 is 16.0 Å². The van der Waals surface area contributed by atoms with E-state index >= 15 is 0 Å². The third-order valence-corrected chi connectivity index (χ3v) is 5.28. The number of para-hydroxylation sites is 1. The van der Waals surface area contributed by atoms with Crippen LogP contribution in [0, 0.1) is 5.92 Å². The fourth-order valence-corrected chi connectivity index (χ4v) is 3.88. The number of fused-ring (bicyclic) bond motifs is 1. The Hall–Kier alpha value is -3.32. The molecule has 4 aromatic rings. The van der Waals surface area contributed by atoms with Crippen LogP contribution >= 0.6 is 11.6 Å². The van der Waals surface area contributed by atoms with E-state index < -0.39 is 5.69 Å². The standard InChI is InChI=1S/C23H23ClN4O3/c1-15(2)12-27-22(29)20-21(28(23(27)30)18-9-6-8-17(24)11-18)25-14-26(20)13-16-7-4-5-10-19(16)31-3/h4-11,14-15H,12-13H2,1-3H3. The number of hydrogen-bond donors (Lipinski definition) is 0. The molecule has 0 aliphatic carbocycles. The average Bonchev–Trinajstić information content (AvgIpc) is 3.15. The molecule has 0 fully saturated rings. The van der Waals surface area contributed by atoms with Gasteiger partial charge in [0.15, 0.2) is 11.2 Å². The fraction of sp³-hybridized carbons (Fsp3) is 0.261. The van der Waals surface area contributed by atoms with Gasteiger partial charge in [0, 0.05) is 17.1 Å². The first-order chi connectivity index (χ1) is 14.9. The molecular weight excluding hydrogens is 416 g/mol. The molecule has 0 unspecified atom stereocenters. The van der Waals surface area contributed by atoms with Crippen LogP contribution in [0.25, 0.3) is 16.9 Å². The van der Waals surface area contributed by atoms with Crippen LogP contribution in [0.3, 0.4) is 0 Å². The van der Waals surface area contributed by atoms with Crippen LogP contribution in [0.4, 0.5) is 0 Å². The SMILES string of the molecule is COc1ccccc1Cn1cnc2c1c(=O)n(CC(C)C)c(=O)n2-c1cccc(Cl)c1. The molecule has 4 rings (SSSR count). The normalized spacial score (nSPS) is 11.4. The van der Waals surface area contributed by atoms with Crippen molar-refractivity contribution in [3.8, 4) is 11.4 Å². The highest BCUT2D eigenvalue weighted by Crippen LogP contribution is 2.21. The van der Waals surface area contributed by atoms with Gasteiger partial charge in [0.2, 0.25) is 0 Å². The second kappa shape index (κ2) is 8.43. The van der Waals surface area contributed by atoms with Crippen LogP contribution in [-0.2, 0) is 13.1 Å². The Morgan fingerprint density at radius 3 is 2.58 bits per heavy atom. The van der Waals surface area contributed by atoms with Gasteiger partial charge in [0.05, 0.1) is 25.7 Å². The lowest BCUT2D eigenvalue weighted by molar-refractivity contribution is 0.408. The fourth-order valence-electron chi connectivity index (χ4n) is 3.69. The molecule has 0 bridgehead atoms. The van der Waals surface area contributed by atoms with Gasteiger partial charge in [-0.3, -0.25) is 9.36 Å². The van der Waals surface area contributed by atoms with Gasteiger partial charge < -0.3 is 9.30 Å². The molecule has 0 N–H and O–H groups in total. The van der Waals surface area contributed by atoms with E-state index in [1.165, 1.54) is 9.13 Å². The van der Waals surface area contributed by atoms with E-state index in [0.29, 0.717) is 35.0 Å². The number of methoxy groups -OCH3 is 1. The van der Waals surface area contributed by atoms with Gasteiger partial charge in [0.1, 0.15) is 5.75 Å². The Morgan fingerprint density at radius 1 is 1.10 bits per heavy atom. The molecule has 160 valence electrons. The lowest BCUT2D eigenvalue weighted by Crippen LogP contribution is -2.41. The molecule has 2 aromatic heterocycles. The third-order valence-electron chi connectivity index (χ3n) is 5.05. The number of nitrogens with zero attached hydrogens (tertiary/aromatic N) is 4. The Morgan fingerprint density at radius 2 is 1.87 bits per heavy atom. The van der Waals surface area contributed by atoms with Crippen molar-refractivity contribution in [2.24, 2.45) is 5.92 Å². The molecule has 2 heterocycles. The lowest BCUT2D eigenvalue weighted by atomic mass is 10.2. The predicted molar refractivity (Wildman–Crippen MR) is 122 cm³/mol. The molecule has 8 heteroatoms. The van der Waals surface area contributed by atoms with Crippen molar-refractivity contribution in [3.63, 3.8) is 0 Å². The smallest absolute Gasteiger partial charge is 0.337 e. The quantitative estimate of drug-likeness (QED) is 0.460. The molecule has 0 aliphatic heterocycles. The molecule has 0 aliphatic rings. The van der Waals surface area contributed by atoms with E-state index in [9.17, 15) is 9.59 Å². The first kappa shape index (κ1) is 20.9. The van der Waals surface area contributed by atoms with Crippen molar-refractivity contribution in [1.82, 2.24) is 18.7 Å². The summed E-state index contributed by atoms with van der Waals surface area (Å²) in [6.07, 6.45) is 1.58. The van der Waals surface area contributed by atoms with Crippen LogP contribution in [0.15, 0.2) is 64.4 Å². The van der Waals surface area contributed by atoms with Gasteiger partial charge >= 0.3 is 5.69 Å². The minimum absolute atomic E-state index is 0.112. The summed E-state index contributed by atoms with van der Waals surface area (Å²) in [5.41, 5.74) is 1.32. The van der Waals surface area contributed by atoms with Crippen molar-refractivity contribution < 1.29 is 4.74 Å². The van der Waals surface area contributed by atoms with Gasteiger partial charge in [0.25, 0.3) is 5.56 Å². The zero-order valence-corrected chi connectivity index (χ0v) is 18.3. The topological polar surface area (TPSA) is 71.1 Å². The van der Waals surface area contributed by atoms with Crippen molar-refractivity contribution in [3.05, 3.63) is 86.3 Å². The van der Waals surface area contributed by atoms with Gasteiger partial charge in [-0.25, -0.2) is 14.3 Å². The van der Waals surface area contributed by atoms with E-state index in [4.69, 9.17) is 16.3 Å². The minimum atomic E-state index is -0.434. The zero-order valence-electron chi connectivity index (χ0n) is 17.6. The molecule has 31 heavy (non-hydrogen) atoms. The highest BCUT2D eigenvalue weighted by atomic mass is 35.5. The number of aromatic nitrogens is 4. The summed E-state index contributed by atoms with van der Waals surface area (Å²) in [7, 11) is 1.61. The van der Waals surface area contributed by atoms with Crippen LogP contribution in [0.1, 0.15) is 19.4 Å². The van der Waals surface area contributed by atoms with Gasteiger partial charge in [-0.2, -0.15) is 0 Å². The summed E-state index contributed by atoms with van der Waals surface area (Å²) < 4.78 is 9.93. The number of rotatable bonds is 6. The molecule has 0 saturated carbocycles. The Balaban J connectivity index is 2.00. The summed E-state index contributed by atoms with van der Waals surface area (Å²) in [4.78, 5) is 31.2. The molecule has 0 saturated heterocycles. The monoisotopic (exact) mass is 438 g/mol. The summed E-state index contributed by atoms with van der Waals surface area (Å²) >= 11 is 6.18. The van der Waals surface area contributed by atoms with E-state index in [1.807, 2.05) is 38.1 Å². The molecule has 0 spiro atoms. The van der Waals surface area contributed by atoms with E-state index in [0.717, 1.165) is 11.3 Å². The number of hydrogen-bond acceptors (Lipinski definition) is 4. The minimum Gasteiger partial charge on any atom is -0.496 e. The maximum Gasteiger partial charge on any atom is 0.337 e. The number of benzene rings is 2. The van der Waals surface area contributed by atoms with Crippen molar-refractivity contribution in [2.45, 2.75) is 26.9 Å². The van der Waals surface area contributed by atoms with Crippen LogP contribution in [0.5, 0.6) is 5.75 Å². The average molecular weight is 439 g/mol. The van der Waals surface area contributed by atoms with Gasteiger partial charge in [-0.15, -0.1) is 0 Å². The first-order valence-electron chi connectivity index (χ1n) is 9.99. The molecule has 0 amide bonds. The van der Waals surface area contributed by atoms with Crippen LogP contribution in [0.2, 0.25) is 5.02 Å². The highest BCUT2D eigenvalue weighted by Gasteiger charge is 2.20.